The lowest BCUT2D eigenvalue weighted by molar-refractivity contribution is 0.0579. The van der Waals surface area contributed by atoms with Crippen LogP contribution in [-0.2, 0) is 6.54 Å². The van der Waals surface area contributed by atoms with E-state index in [-0.39, 0.29) is 5.91 Å². The lowest BCUT2D eigenvalue weighted by atomic mass is 9.95. The molecular weight excluding hydrogens is 334 g/mol. The fourth-order valence-corrected chi connectivity index (χ4v) is 4.54. The van der Waals surface area contributed by atoms with Crippen LogP contribution < -0.4 is 4.74 Å². The van der Waals surface area contributed by atoms with E-state index in [4.69, 9.17) is 4.74 Å². The Morgan fingerprint density at radius 1 is 1.24 bits per heavy atom. The van der Waals surface area contributed by atoms with Gasteiger partial charge in [-0.05, 0) is 36.5 Å². The summed E-state index contributed by atoms with van der Waals surface area (Å²) in [7, 11) is 1.69. The minimum absolute atomic E-state index is 0.0993. The number of hydrogen-bond donors (Lipinski definition) is 0. The Bertz CT molecular complexity index is 717. The molecular formula is C19H23N3O2S. The Morgan fingerprint density at radius 2 is 2.08 bits per heavy atom. The van der Waals surface area contributed by atoms with Gasteiger partial charge in [0.2, 0.25) is 0 Å². The Kier molecular flexibility index (Phi) is 4.72. The van der Waals surface area contributed by atoms with Crippen molar-refractivity contribution in [2.24, 2.45) is 5.92 Å². The molecule has 1 aromatic heterocycles. The topological polar surface area (TPSA) is 45.7 Å². The van der Waals surface area contributed by atoms with E-state index in [1.807, 2.05) is 17.5 Å². The molecule has 0 aliphatic carbocycles. The van der Waals surface area contributed by atoms with E-state index in [2.05, 4.69) is 26.9 Å². The van der Waals surface area contributed by atoms with Gasteiger partial charge in [0.25, 0.3) is 5.91 Å². The maximum absolute atomic E-state index is 12.8. The number of hydrogen-bond acceptors (Lipinski definition) is 5. The first-order valence-corrected chi connectivity index (χ1v) is 9.71. The molecule has 1 aromatic carbocycles. The number of carbonyl (C=O) groups is 1. The molecule has 6 heteroatoms. The molecule has 3 saturated heterocycles. The number of piperidine rings is 1. The normalized spacial score (nSPS) is 23.5. The third-order valence-electron chi connectivity index (χ3n) is 5.27. The zero-order valence-electron chi connectivity index (χ0n) is 14.4. The molecule has 2 bridgehead atoms. The SMILES string of the molecule is COc1ccc(CN2C[C@@H]3CC[C@H](C2)N(C(=O)c2cscn2)C3)cc1. The van der Waals surface area contributed by atoms with Crippen molar-refractivity contribution in [1.29, 1.82) is 0 Å². The van der Waals surface area contributed by atoms with Crippen LogP contribution in [0.2, 0.25) is 0 Å². The van der Waals surface area contributed by atoms with Crippen LogP contribution in [0.5, 0.6) is 5.75 Å². The largest absolute Gasteiger partial charge is 0.497 e. The maximum Gasteiger partial charge on any atom is 0.273 e. The van der Waals surface area contributed by atoms with Gasteiger partial charge in [0.05, 0.1) is 12.6 Å². The highest BCUT2D eigenvalue weighted by atomic mass is 32.1. The van der Waals surface area contributed by atoms with Crippen molar-refractivity contribution >= 4 is 17.2 Å². The second-order valence-corrected chi connectivity index (χ2v) is 7.69. The minimum atomic E-state index is 0.0993. The van der Waals surface area contributed by atoms with Crippen molar-refractivity contribution in [2.75, 3.05) is 26.7 Å². The lowest BCUT2D eigenvalue weighted by Gasteiger charge is -2.35. The van der Waals surface area contributed by atoms with Gasteiger partial charge < -0.3 is 9.64 Å². The van der Waals surface area contributed by atoms with E-state index in [9.17, 15) is 4.79 Å². The van der Waals surface area contributed by atoms with E-state index in [1.54, 1.807) is 12.6 Å². The fourth-order valence-electron chi connectivity index (χ4n) is 4.01. The van der Waals surface area contributed by atoms with Crippen molar-refractivity contribution in [2.45, 2.75) is 25.4 Å². The standard InChI is InChI=1S/C19H23N3O2S/c1-24-17-6-3-14(4-7-17)8-21-9-15-2-5-16(11-21)22(10-15)19(23)18-12-25-13-20-18/h3-4,6-7,12-13,15-16H,2,5,8-11H2,1H3/t15-,16+/m0/s1. The number of fused-ring (bicyclic) bond motifs is 4. The smallest absolute Gasteiger partial charge is 0.273 e. The van der Waals surface area contributed by atoms with E-state index in [0.717, 1.165) is 38.3 Å². The van der Waals surface area contributed by atoms with E-state index in [1.165, 1.54) is 23.3 Å². The lowest BCUT2D eigenvalue weighted by Crippen LogP contribution is -2.47. The van der Waals surface area contributed by atoms with Crippen molar-refractivity contribution < 1.29 is 9.53 Å². The van der Waals surface area contributed by atoms with E-state index >= 15 is 0 Å². The highest BCUT2D eigenvalue weighted by molar-refractivity contribution is 7.07. The summed E-state index contributed by atoms with van der Waals surface area (Å²) in [6, 6.07) is 8.58. The molecule has 4 heterocycles. The summed E-state index contributed by atoms with van der Waals surface area (Å²) >= 11 is 1.48. The van der Waals surface area contributed by atoms with Crippen LogP contribution in [-0.4, -0.2) is 53.5 Å². The van der Waals surface area contributed by atoms with Gasteiger partial charge in [-0.3, -0.25) is 9.69 Å². The number of carbonyl (C=O) groups excluding carboxylic acids is 1. The summed E-state index contributed by atoms with van der Waals surface area (Å²) in [5.74, 6) is 1.54. The highest BCUT2D eigenvalue weighted by Gasteiger charge is 2.37. The van der Waals surface area contributed by atoms with Crippen LogP contribution >= 0.6 is 11.3 Å². The summed E-state index contributed by atoms with van der Waals surface area (Å²) in [5, 5.41) is 1.86. The van der Waals surface area contributed by atoms with Crippen LogP contribution in [0.25, 0.3) is 0 Å². The molecule has 132 valence electrons. The van der Waals surface area contributed by atoms with E-state index in [0.29, 0.717) is 17.7 Å². The molecule has 5 nitrogen and oxygen atoms in total. The zero-order chi connectivity index (χ0) is 17.2. The van der Waals surface area contributed by atoms with Crippen LogP contribution in [0.4, 0.5) is 0 Å². The number of thiazole rings is 1. The number of aromatic nitrogens is 1. The van der Waals surface area contributed by atoms with Crippen LogP contribution in [0.1, 0.15) is 28.9 Å². The van der Waals surface area contributed by atoms with Crippen LogP contribution in [0, 0.1) is 5.92 Å². The molecule has 0 saturated carbocycles. The molecule has 0 radical (unpaired) electrons. The second kappa shape index (κ2) is 7.14. The van der Waals surface area contributed by atoms with Gasteiger partial charge in [0.1, 0.15) is 11.4 Å². The Balaban J connectivity index is 1.46. The summed E-state index contributed by atoms with van der Waals surface area (Å²) in [6.07, 6.45) is 2.31. The quantitative estimate of drug-likeness (QED) is 0.844. The summed E-state index contributed by atoms with van der Waals surface area (Å²) in [6.45, 7) is 3.79. The average Bonchev–Trinajstić information content (AvgIpc) is 3.04. The fraction of sp³-hybridized carbons (Fsp3) is 0.474. The van der Waals surface area contributed by atoms with Crippen molar-refractivity contribution in [3.63, 3.8) is 0 Å². The Hall–Kier alpha value is -1.92. The molecule has 2 aromatic rings. The Labute approximate surface area is 152 Å². The molecule has 1 amide bonds. The molecule has 3 aliphatic rings. The molecule has 3 aliphatic heterocycles. The summed E-state index contributed by atoms with van der Waals surface area (Å²) in [4.78, 5) is 21.6. The van der Waals surface area contributed by atoms with Gasteiger partial charge in [0.15, 0.2) is 0 Å². The number of benzene rings is 1. The highest BCUT2D eigenvalue weighted by Crippen LogP contribution is 2.30. The van der Waals surface area contributed by atoms with Crippen molar-refractivity contribution in [1.82, 2.24) is 14.8 Å². The number of rotatable bonds is 4. The first kappa shape index (κ1) is 16.5. The number of methoxy groups -OCH3 is 1. The first-order valence-electron chi connectivity index (χ1n) is 8.77. The monoisotopic (exact) mass is 357 g/mol. The molecule has 3 fully saturated rings. The minimum Gasteiger partial charge on any atom is -0.497 e. The Morgan fingerprint density at radius 3 is 2.80 bits per heavy atom. The second-order valence-electron chi connectivity index (χ2n) is 6.97. The van der Waals surface area contributed by atoms with Gasteiger partial charge in [-0.2, -0.15) is 0 Å². The average molecular weight is 357 g/mol. The summed E-state index contributed by atoms with van der Waals surface area (Å²) < 4.78 is 5.24. The van der Waals surface area contributed by atoms with Crippen molar-refractivity contribution in [3.8, 4) is 5.75 Å². The van der Waals surface area contributed by atoms with Gasteiger partial charge in [0, 0.05) is 37.6 Å². The van der Waals surface area contributed by atoms with Gasteiger partial charge >= 0.3 is 0 Å². The van der Waals surface area contributed by atoms with E-state index < -0.39 is 0 Å². The predicted molar refractivity (Wildman–Crippen MR) is 97.9 cm³/mol. The molecule has 0 N–H and O–H groups in total. The first-order chi connectivity index (χ1) is 12.2. The number of nitrogens with zero attached hydrogens (tertiary/aromatic N) is 3. The van der Waals surface area contributed by atoms with Crippen LogP contribution in [0.3, 0.4) is 0 Å². The molecule has 2 atom stereocenters. The molecule has 0 spiro atoms. The number of ether oxygens (including phenoxy) is 1. The molecule has 25 heavy (non-hydrogen) atoms. The summed E-state index contributed by atoms with van der Waals surface area (Å²) in [5.41, 5.74) is 3.62. The van der Waals surface area contributed by atoms with Gasteiger partial charge in [-0.1, -0.05) is 12.1 Å². The maximum atomic E-state index is 12.8. The molecule has 0 unspecified atom stereocenters. The van der Waals surface area contributed by atoms with Crippen molar-refractivity contribution in [3.05, 3.63) is 46.4 Å². The molecule has 5 rings (SSSR count). The van der Waals surface area contributed by atoms with Gasteiger partial charge in [-0.15, -0.1) is 11.3 Å². The number of amides is 1. The third kappa shape index (κ3) is 3.55. The van der Waals surface area contributed by atoms with Crippen LogP contribution in [0.15, 0.2) is 35.2 Å². The zero-order valence-corrected chi connectivity index (χ0v) is 15.2. The predicted octanol–water partition coefficient (Wildman–Crippen LogP) is 2.89. The third-order valence-corrected chi connectivity index (χ3v) is 5.85. The van der Waals surface area contributed by atoms with Gasteiger partial charge in [-0.25, -0.2) is 4.98 Å².